The normalized spacial score (nSPS) is 37.1. The third-order valence-corrected chi connectivity index (χ3v) is 3.94. The van der Waals surface area contributed by atoms with Gasteiger partial charge in [0.1, 0.15) is 6.04 Å². The highest BCUT2D eigenvalue weighted by Crippen LogP contribution is 2.50. The van der Waals surface area contributed by atoms with Gasteiger partial charge in [-0.3, -0.25) is 4.79 Å². The van der Waals surface area contributed by atoms with Crippen LogP contribution in [-0.2, 0) is 4.79 Å². The van der Waals surface area contributed by atoms with Crippen molar-refractivity contribution in [2.45, 2.75) is 36.4 Å². The fourth-order valence-corrected chi connectivity index (χ4v) is 3.35. The van der Waals surface area contributed by atoms with Crippen LogP contribution in [-0.4, -0.2) is 27.0 Å². The van der Waals surface area contributed by atoms with Gasteiger partial charge in [0.2, 0.25) is 5.91 Å². The van der Waals surface area contributed by atoms with E-state index in [1.807, 2.05) is 13.8 Å². The first-order valence-electron chi connectivity index (χ1n) is 3.95. The van der Waals surface area contributed by atoms with Crippen molar-refractivity contribution in [3.05, 3.63) is 0 Å². The number of nitrogens with zero attached hydrogens (tertiary/aromatic N) is 2. The van der Waals surface area contributed by atoms with E-state index in [9.17, 15) is 4.79 Å². The minimum atomic E-state index is -0.228. The van der Waals surface area contributed by atoms with Crippen molar-refractivity contribution >= 4 is 17.7 Å². The number of thioether (sulfide) groups is 1. The molecule has 0 bridgehead atoms. The monoisotopic (exact) mass is 182 g/mol. The van der Waals surface area contributed by atoms with E-state index in [1.165, 1.54) is 0 Å². The van der Waals surface area contributed by atoms with Crippen molar-refractivity contribution in [3.8, 4) is 6.07 Å². The maximum absolute atomic E-state index is 11.1. The van der Waals surface area contributed by atoms with Crippen LogP contribution in [0.2, 0.25) is 0 Å². The predicted octanol–water partition coefficient (Wildman–Crippen LogP) is 0.962. The summed E-state index contributed by atoms with van der Waals surface area (Å²) in [5.74, 6) is 0.129. The fourth-order valence-electron chi connectivity index (χ4n) is 1.78. The molecule has 0 spiro atoms. The Kier molecular flexibility index (Phi) is 1.43. The highest BCUT2D eigenvalue weighted by molar-refractivity contribution is 8.01. The molecule has 2 atom stereocenters. The van der Waals surface area contributed by atoms with E-state index in [0.29, 0.717) is 6.42 Å². The number of rotatable bonds is 0. The van der Waals surface area contributed by atoms with Crippen LogP contribution >= 0.6 is 11.8 Å². The summed E-state index contributed by atoms with van der Waals surface area (Å²) >= 11 is 1.74. The van der Waals surface area contributed by atoms with Gasteiger partial charge in [0.25, 0.3) is 0 Å². The quantitative estimate of drug-likeness (QED) is 0.524. The summed E-state index contributed by atoms with van der Waals surface area (Å²) in [7, 11) is 0. The molecule has 0 radical (unpaired) electrons. The second-order valence-electron chi connectivity index (χ2n) is 3.71. The van der Waals surface area contributed by atoms with Gasteiger partial charge in [0, 0.05) is 4.75 Å². The fraction of sp³-hybridized carbons (Fsp3) is 0.750. The Labute approximate surface area is 75.7 Å². The lowest BCUT2D eigenvalue weighted by Gasteiger charge is -2.35. The minimum Gasteiger partial charge on any atom is -0.313 e. The number of nitriles is 1. The van der Waals surface area contributed by atoms with Gasteiger partial charge < -0.3 is 4.90 Å². The maximum Gasteiger partial charge on any atom is 0.227 e. The Morgan fingerprint density at radius 2 is 2.42 bits per heavy atom. The maximum atomic E-state index is 11.1. The molecule has 2 fully saturated rings. The molecule has 0 aromatic heterocycles. The third-order valence-electron chi connectivity index (χ3n) is 2.45. The van der Waals surface area contributed by atoms with Crippen LogP contribution in [0.25, 0.3) is 0 Å². The topological polar surface area (TPSA) is 44.1 Å². The Bertz CT molecular complexity index is 281. The van der Waals surface area contributed by atoms with Crippen LogP contribution in [0.15, 0.2) is 0 Å². The van der Waals surface area contributed by atoms with Gasteiger partial charge in [0.15, 0.2) is 0 Å². The van der Waals surface area contributed by atoms with Crippen molar-refractivity contribution in [1.82, 2.24) is 4.90 Å². The molecule has 2 rings (SSSR count). The molecule has 2 aliphatic heterocycles. The van der Waals surface area contributed by atoms with Crippen molar-refractivity contribution in [2.24, 2.45) is 0 Å². The zero-order valence-electron chi connectivity index (χ0n) is 7.07. The molecule has 0 aromatic carbocycles. The van der Waals surface area contributed by atoms with Gasteiger partial charge in [-0.1, -0.05) is 0 Å². The first-order valence-corrected chi connectivity index (χ1v) is 4.83. The molecule has 0 saturated carbocycles. The lowest BCUT2D eigenvalue weighted by molar-refractivity contribution is -0.142. The van der Waals surface area contributed by atoms with E-state index in [1.54, 1.807) is 16.7 Å². The summed E-state index contributed by atoms with van der Waals surface area (Å²) in [6.45, 7) is 4.05. The summed E-state index contributed by atoms with van der Waals surface area (Å²) in [5.41, 5.74) is 0. The largest absolute Gasteiger partial charge is 0.313 e. The average Bonchev–Trinajstić information content (AvgIpc) is 2.17. The van der Waals surface area contributed by atoms with Crippen molar-refractivity contribution in [3.63, 3.8) is 0 Å². The van der Waals surface area contributed by atoms with Crippen LogP contribution in [0, 0.1) is 11.3 Å². The van der Waals surface area contributed by atoms with Crippen LogP contribution in [0.5, 0.6) is 0 Å². The molecule has 2 heterocycles. The number of carbonyl (C=O) groups is 1. The molecule has 1 unspecified atom stereocenters. The molecule has 1 amide bonds. The lowest BCUT2D eigenvalue weighted by Crippen LogP contribution is -2.53. The summed E-state index contributed by atoms with van der Waals surface area (Å²) in [5, 5.41) is 9.16. The molecule has 2 aliphatic rings. The van der Waals surface area contributed by atoms with E-state index in [-0.39, 0.29) is 22.1 Å². The second kappa shape index (κ2) is 2.17. The number of carbonyl (C=O) groups excluding carboxylic acids is 1. The van der Waals surface area contributed by atoms with Crippen molar-refractivity contribution in [2.75, 3.05) is 0 Å². The molecular weight excluding hydrogens is 172 g/mol. The number of fused-ring (bicyclic) bond motifs is 1. The third kappa shape index (κ3) is 0.802. The smallest absolute Gasteiger partial charge is 0.227 e. The van der Waals surface area contributed by atoms with E-state index in [2.05, 4.69) is 6.07 Å². The Balaban J connectivity index is 2.29. The highest BCUT2D eigenvalue weighted by atomic mass is 32.2. The van der Waals surface area contributed by atoms with E-state index < -0.39 is 0 Å². The second-order valence-corrected chi connectivity index (χ2v) is 5.54. The average molecular weight is 182 g/mol. The minimum absolute atomic E-state index is 0.0917. The Morgan fingerprint density at radius 1 is 1.75 bits per heavy atom. The standard InChI is InChI=1S/C8H10N2OS/c1-8(2)5(4-9)10-6(11)3-7(10)12-8/h5,7H,3H2,1-2H3/t5?,7-/m1/s1. The molecule has 0 aromatic rings. The number of β-lactam (4-membered cyclic amide) rings is 1. The molecular formula is C8H10N2OS. The summed E-state index contributed by atoms with van der Waals surface area (Å²) in [4.78, 5) is 12.8. The zero-order chi connectivity index (χ0) is 8.93. The van der Waals surface area contributed by atoms with Gasteiger partial charge in [-0.25, -0.2) is 0 Å². The van der Waals surface area contributed by atoms with Crippen LogP contribution in [0.3, 0.4) is 0 Å². The van der Waals surface area contributed by atoms with Gasteiger partial charge in [-0.05, 0) is 13.8 Å². The molecule has 12 heavy (non-hydrogen) atoms. The molecule has 3 nitrogen and oxygen atoms in total. The van der Waals surface area contributed by atoms with Gasteiger partial charge >= 0.3 is 0 Å². The molecule has 0 aliphatic carbocycles. The number of hydrogen-bond donors (Lipinski definition) is 0. The summed E-state index contributed by atoms with van der Waals surface area (Å²) in [6, 6.07) is 1.97. The SMILES string of the molecule is CC1(C)S[C@@H]2CC(=O)N2C1C#N. The first kappa shape index (κ1) is 7.93. The van der Waals surface area contributed by atoms with E-state index >= 15 is 0 Å². The number of hydrogen-bond acceptors (Lipinski definition) is 3. The molecule has 64 valence electrons. The zero-order valence-corrected chi connectivity index (χ0v) is 7.89. The van der Waals surface area contributed by atoms with Crippen LogP contribution in [0.4, 0.5) is 0 Å². The van der Waals surface area contributed by atoms with Gasteiger partial charge in [-0.15, -0.1) is 11.8 Å². The summed E-state index contributed by atoms with van der Waals surface area (Å²) < 4.78 is -0.0917. The van der Waals surface area contributed by atoms with Crippen LogP contribution < -0.4 is 0 Å². The molecule has 4 heteroatoms. The number of amides is 1. The molecule has 2 saturated heterocycles. The lowest BCUT2D eigenvalue weighted by atomic mass is 10.00. The first-order chi connectivity index (χ1) is 5.56. The highest BCUT2D eigenvalue weighted by Gasteiger charge is 2.55. The van der Waals surface area contributed by atoms with E-state index in [4.69, 9.17) is 5.26 Å². The molecule has 0 N–H and O–H groups in total. The Morgan fingerprint density at radius 3 is 2.83 bits per heavy atom. The summed E-state index contributed by atoms with van der Waals surface area (Å²) in [6.07, 6.45) is 0.617. The Hall–Kier alpha value is -0.690. The van der Waals surface area contributed by atoms with E-state index in [0.717, 1.165) is 0 Å². The van der Waals surface area contributed by atoms with Gasteiger partial charge in [0.05, 0.1) is 17.9 Å². The predicted molar refractivity (Wildman–Crippen MR) is 46.3 cm³/mol. The van der Waals surface area contributed by atoms with Crippen molar-refractivity contribution < 1.29 is 4.79 Å². The van der Waals surface area contributed by atoms with Crippen LogP contribution in [0.1, 0.15) is 20.3 Å². The van der Waals surface area contributed by atoms with Crippen molar-refractivity contribution in [1.29, 1.82) is 5.26 Å². The van der Waals surface area contributed by atoms with Gasteiger partial charge in [-0.2, -0.15) is 5.26 Å².